The Morgan fingerprint density at radius 1 is 0.642 bits per heavy atom. The van der Waals surface area contributed by atoms with Gasteiger partial charge in [0.2, 0.25) is 0 Å². The fraction of sp³-hybridized carbons (Fsp3) is 0.286. The van der Waals surface area contributed by atoms with E-state index in [4.69, 9.17) is 33.1 Å². The molecule has 0 saturated carbocycles. The van der Waals surface area contributed by atoms with Crippen molar-refractivity contribution >= 4 is 14.1 Å². The van der Waals surface area contributed by atoms with Gasteiger partial charge in [-0.1, -0.05) is 147 Å². The van der Waals surface area contributed by atoms with Crippen molar-refractivity contribution in [1.82, 2.24) is 9.55 Å². The highest BCUT2D eigenvalue weighted by Gasteiger charge is 2.45. The zero-order chi connectivity index (χ0) is 46.9. The van der Waals surface area contributed by atoms with Crippen LogP contribution in [0.25, 0.3) is 0 Å². The minimum Gasteiger partial charge on any atom is -0.497 e. The number of rotatable bonds is 20. The molecule has 3 atom stereocenters. The van der Waals surface area contributed by atoms with Crippen LogP contribution in [-0.4, -0.2) is 58.0 Å². The third-order valence-corrected chi connectivity index (χ3v) is 15.3. The van der Waals surface area contributed by atoms with Crippen molar-refractivity contribution in [2.24, 2.45) is 0 Å². The first-order valence-corrected chi connectivity index (χ1v) is 26.2. The fourth-order valence-corrected chi connectivity index (χ4v) is 11.7. The molecule has 1 aliphatic heterocycles. The summed E-state index contributed by atoms with van der Waals surface area (Å²) >= 11 is 0. The maximum atomic E-state index is 14.6. The molecule has 6 aromatic carbocycles. The maximum absolute atomic E-state index is 14.6. The van der Waals surface area contributed by atoms with Crippen molar-refractivity contribution in [3.05, 3.63) is 220 Å². The van der Waals surface area contributed by atoms with Crippen LogP contribution < -0.4 is 25.2 Å². The molecule has 67 heavy (non-hydrogen) atoms. The molecule has 1 aliphatic rings. The van der Waals surface area contributed by atoms with E-state index in [-0.39, 0.29) is 6.61 Å². The molecule has 2 heterocycles. The Hall–Kier alpha value is -6.50. The van der Waals surface area contributed by atoms with Crippen LogP contribution in [0.1, 0.15) is 65.8 Å². The molecule has 0 bridgehead atoms. The van der Waals surface area contributed by atoms with Crippen molar-refractivity contribution in [3.8, 4) is 17.2 Å². The summed E-state index contributed by atoms with van der Waals surface area (Å²) in [5.41, 5.74) is 3.24. The lowest BCUT2D eigenvalue weighted by Gasteiger charge is -2.37. The quantitative estimate of drug-likeness (QED) is 0.0591. The fourth-order valence-electron chi connectivity index (χ4n) is 9.34. The second-order valence-electron chi connectivity index (χ2n) is 17.6. The number of benzene rings is 6. The number of anilines is 1. The van der Waals surface area contributed by atoms with Gasteiger partial charge >= 0.3 is 5.69 Å². The van der Waals surface area contributed by atoms with Gasteiger partial charge in [-0.2, -0.15) is 4.98 Å². The number of methoxy groups -OCH3 is 3. The predicted octanol–water partition coefficient (Wildman–Crippen LogP) is 11.4. The van der Waals surface area contributed by atoms with Crippen LogP contribution in [0.15, 0.2) is 181 Å². The Bertz CT molecular complexity index is 2610. The number of unbranched alkanes of at least 4 members (excludes halogenated alkanes) is 1. The number of hydrogen-bond acceptors (Lipinski definition) is 9. The highest BCUT2D eigenvalue weighted by atomic mass is 28.4. The van der Waals surface area contributed by atoms with Crippen LogP contribution in [-0.2, 0) is 25.0 Å². The van der Waals surface area contributed by atoms with E-state index in [9.17, 15) is 4.79 Å². The molecular weight excluding hydrogens is 855 g/mol. The van der Waals surface area contributed by atoms with Crippen LogP contribution in [0, 0.1) is 0 Å². The first-order chi connectivity index (χ1) is 32.6. The smallest absolute Gasteiger partial charge is 0.351 e. The molecule has 346 valence electrons. The van der Waals surface area contributed by atoms with E-state index in [1.54, 1.807) is 32.1 Å². The van der Waals surface area contributed by atoms with Crippen molar-refractivity contribution in [1.29, 1.82) is 0 Å². The van der Waals surface area contributed by atoms with Gasteiger partial charge in [-0.3, -0.25) is 4.57 Å². The summed E-state index contributed by atoms with van der Waals surface area (Å²) in [5, 5.41) is 3.75. The largest absolute Gasteiger partial charge is 0.497 e. The van der Waals surface area contributed by atoms with Gasteiger partial charge in [0.1, 0.15) is 34.2 Å². The van der Waals surface area contributed by atoms with Crippen LogP contribution in [0.3, 0.4) is 0 Å². The highest BCUT2D eigenvalue weighted by Crippen LogP contribution is 2.44. The first kappa shape index (κ1) is 47.0. The molecule has 1 fully saturated rings. The lowest BCUT2D eigenvalue weighted by atomic mass is 9.77. The zero-order valence-corrected chi connectivity index (χ0v) is 40.3. The van der Waals surface area contributed by atoms with E-state index in [2.05, 4.69) is 61.7 Å². The minimum atomic E-state index is -2.21. The van der Waals surface area contributed by atoms with Gasteiger partial charge in [0.15, 0.2) is 14.5 Å². The Labute approximate surface area is 395 Å². The molecule has 1 aromatic heterocycles. The average Bonchev–Trinajstić information content (AvgIpc) is 3.77. The third-order valence-electron chi connectivity index (χ3n) is 12.8. The van der Waals surface area contributed by atoms with Gasteiger partial charge in [0.05, 0.1) is 40.1 Å². The Kier molecular flexibility index (Phi) is 14.7. The van der Waals surface area contributed by atoms with Crippen molar-refractivity contribution in [3.63, 3.8) is 0 Å². The summed E-state index contributed by atoms with van der Waals surface area (Å²) in [7, 11) is 2.77. The monoisotopic (exact) mass is 915 g/mol. The van der Waals surface area contributed by atoms with Crippen LogP contribution >= 0.6 is 0 Å². The van der Waals surface area contributed by atoms with Gasteiger partial charge in [0, 0.05) is 12.6 Å². The Morgan fingerprint density at radius 3 is 1.55 bits per heavy atom. The molecule has 1 N–H and O–H groups in total. The summed E-state index contributed by atoms with van der Waals surface area (Å²) in [5.74, 6) is 2.63. The normalized spacial score (nSPS) is 16.4. The van der Waals surface area contributed by atoms with E-state index in [1.807, 2.05) is 133 Å². The van der Waals surface area contributed by atoms with Crippen LogP contribution in [0.4, 0.5) is 5.82 Å². The summed E-state index contributed by atoms with van der Waals surface area (Å²) in [6.45, 7) is 6.89. The van der Waals surface area contributed by atoms with E-state index in [0.717, 1.165) is 69.5 Å². The van der Waals surface area contributed by atoms with E-state index < -0.39 is 43.6 Å². The molecule has 0 unspecified atom stereocenters. The predicted molar refractivity (Wildman–Crippen MR) is 267 cm³/mol. The summed E-state index contributed by atoms with van der Waals surface area (Å²) < 4.78 is 39.7. The van der Waals surface area contributed by atoms with Crippen LogP contribution in [0.2, 0.25) is 19.1 Å². The molecule has 0 spiro atoms. The molecular formula is C56H61N3O7Si. The SMILES string of the molecule is CCCC[Si](C)(C)O[C@@H]1C[C@@H](COC(c2ccccc2)(c2ccc(OC)cc2)c2ccc(OC)cc2)O[C@H]1n1ccc(NC(c2ccccc2)(c2ccccc2)c2ccc(OC)cc2)nc1=O. The molecule has 7 aromatic rings. The number of aromatic nitrogens is 2. The van der Waals surface area contributed by atoms with E-state index >= 15 is 0 Å². The molecule has 10 nitrogen and oxygen atoms in total. The topological polar surface area (TPSA) is 102 Å². The summed E-state index contributed by atoms with van der Waals surface area (Å²) in [4.78, 5) is 19.3. The molecule has 0 amide bonds. The van der Waals surface area contributed by atoms with Crippen LogP contribution in [0.5, 0.6) is 17.2 Å². The second-order valence-corrected chi connectivity index (χ2v) is 21.8. The molecule has 11 heteroatoms. The van der Waals surface area contributed by atoms with Crippen molar-refractivity contribution < 1.29 is 28.1 Å². The number of hydrogen-bond donors (Lipinski definition) is 1. The lowest BCUT2D eigenvalue weighted by molar-refractivity contribution is -0.0862. The second kappa shape index (κ2) is 21.0. The molecule has 0 aliphatic carbocycles. The number of ether oxygens (including phenoxy) is 5. The third kappa shape index (κ3) is 10.1. The van der Waals surface area contributed by atoms with Gasteiger partial charge in [-0.05, 0) is 95.0 Å². The number of nitrogens with one attached hydrogen (secondary N) is 1. The van der Waals surface area contributed by atoms with E-state index in [1.165, 1.54) is 0 Å². The standard InChI is InChI=1S/C56H61N3O7Si/c1-7-8-38-67(5,6)66-51-39-50(40-64-56(44-22-16-11-17-23-44,45-26-32-48(62-3)33-27-45)46-28-34-49(63-4)35-29-46)65-53(51)59-37-36-52(57-54(59)60)58-55(41-18-12-9-13-19-41,42-20-14-10-15-21-42)43-24-30-47(61-2)31-25-43/h9-37,50-51,53H,7-8,38-40H2,1-6H3,(H,57,58,60)/t50-,51+,53+/m0/s1. The Balaban J connectivity index is 1.16. The summed E-state index contributed by atoms with van der Waals surface area (Å²) in [6, 6.07) is 57.4. The average molecular weight is 916 g/mol. The first-order valence-electron chi connectivity index (χ1n) is 23.1. The minimum absolute atomic E-state index is 0.195. The molecule has 8 rings (SSSR count). The Morgan fingerprint density at radius 2 is 1.09 bits per heavy atom. The lowest BCUT2D eigenvalue weighted by Crippen LogP contribution is -2.41. The van der Waals surface area contributed by atoms with E-state index in [0.29, 0.717) is 12.2 Å². The van der Waals surface area contributed by atoms with Gasteiger partial charge in [-0.15, -0.1) is 0 Å². The van der Waals surface area contributed by atoms with Gasteiger partial charge in [0.25, 0.3) is 0 Å². The summed E-state index contributed by atoms with van der Waals surface area (Å²) in [6.07, 6.45) is 2.81. The van der Waals surface area contributed by atoms with Gasteiger partial charge in [-0.25, -0.2) is 4.79 Å². The maximum Gasteiger partial charge on any atom is 0.351 e. The van der Waals surface area contributed by atoms with Crippen molar-refractivity contribution in [2.45, 2.75) is 74.9 Å². The highest BCUT2D eigenvalue weighted by molar-refractivity contribution is 6.71. The zero-order valence-electron chi connectivity index (χ0n) is 39.3. The van der Waals surface area contributed by atoms with Crippen molar-refractivity contribution in [2.75, 3.05) is 33.3 Å². The van der Waals surface area contributed by atoms with Gasteiger partial charge < -0.3 is 33.4 Å². The molecule has 1 saturated heterocycles. The number of nitrogens with zero attached hydrogens (tertiary/aromatic N) is 2. The molecule has 0 radical (unpaired) electrons.